The van der Waals surface area contributed by atoms with Gasteiger partial charge in [-0.15, -0.1) is 0 Å². The zero-order valence-electron chi connectivity index (χ0n) is 23.4. The third kappa shape index (κ3) is 3.89. The second-order valence-corrected chi connectivity index (χ2v) is 13.8. The number of esters is 1. The third-order valence-electron chi connectivity index (χ3n) is 12.0. The smallest absolute Gasteiger partial charge is 0.308 e. The average molecular weight is 496 g/mol. The molecule has 0 bridgehead atoms. The highest BCUT2D eigenvalue weighted by Crippen LogP contribution is 2.68. The summed E-state index contributed by atoms with van der Waals surface area (Å²) < 4.78 is 5.13. The van der Waals surface area contributed by atoms with Crippen molar-refractivity contribution in [2.24, 2.45) is 51.2 Å². The van der Waals surface area contributed by atoms with Gasteiger partial charge in [0.05, 0.1) is 19.1 Å². The fraction of sp³-hybridized carbons (Fsp3) is 0.806. The highest BCUT2D eigenvalue weighted by atomic mass is 16.5. The Morgan fingerprint density at radius 3 is 2.31 bits per heavy atom. The number of Topliss-reactive ketones (excluding diaryl/α,β-unsaturated/α-hetero) is 1. The molecule has 0 aromatic rings. The molecule has 0 spiro atoms. The Bertz CT molecular complexity index is 1020. The molecule has 0 amide bonds. The van der Waals surface area contributed by atoms with Crippen LogP contribution in [-0.4, -0.2) is 24.6 Å². The first kappa shape index (κ1) is 27.1. The number of hydrogen-bond donors (Lipinski definition) is 0. The van der Waals surface area contributed by atoms with Crippen LogP contribution in [-0.2, 0) is 19.1 Å². The first-order valence-electron chi connectivity index (χ1n) is 14.0. The number of fused-ring (bicyclic) bond motifs is 5. The lowest BCUT2D eigenvalue weighted by Crippen LogP contribution is -2.57. The maximum Gasteiger partial charge on any atom is 0.308 e. The van der Waals surface area contributed by atoms with Crippen LogP contribution in [0.3, 0.4) is 0 Å². The molecule has 36 heavy (non-hydrogen) atoms. The van der Waals surface area contributed by atoms with Crippen LogP contribution in [0.5, 0.6) is 0 Å². The molecule has 0 saturated heterocycles. The Morgan fingerprint density at radius 1 is 0.972 bits per heavy atom. The normalized spacial score (nSPS) is 44.7. The van der Waals surface area contributed by atoms with Gasteiger partial charge in [-0.3, -0.25) is 14.4 Å². The molecule has 0 aromatic heterocycles. The Kier molecular flexibility index (Phi) is 6.85. The van der Waals surface area contributed by atoms with E-state index in [0.29, 0.717) is 12.8 Å². The van der Waals surface area contributed by atoms with Gasteiger partial charge in [-0.2, -0.15) is 5.26 Å². The van der Waals surface area contributed by atoms with E-state index in [1.807, 2.05) is 19.9 Å². The number of ketones is 2. The first-order valence-corrected chi connectivity index (χ1v) is 14.0. The number of nitrogens with zero attached hydrogens (tertiary/aromatic N) is 1. The zero-order valence-corrected chi connectivity index (χ0v) is 23.4. The zero-order chi connectivity index (χ0) is 26.7. The Morgan fingerprint density at radius 2 is 1.67 bits per heavy atom. The second kappa shape index (κ2) is 9.10. The van der Waals surface area contributed by atoms with Crippen LogP contribution in [0.25, 0.3) is 0 Å². The van der Waals surface area contributed by atoms with Crippen molar-refractivity contribution in [2.45, 2.75) is 99.3 Å². The van der Waals surface area contributed by atoms with Gasteiger partial charge in [0, 0.05) is 11.3 Å². The minimum atomic E-state index is -0.662. The number of hydrogen-bond acceptors (Lipinski definition) is 5. The van der Waals surface area contributed by atoms with Crippen LogP contribution in [0, 0.1) is 62.6 Å². The molecule has 4 rings (SSSR count). The minimum absolute atomic E-state index is 0.0243. The molecule has 4 aliphatic carbocycles. The van der Waals surface area contributed by atoms with E-state index in [0.717, 1.165) is 44.9 Å². The molecular formula is C31H45NO4. The Balaban J connectivity index is 1.78. The lowest BCUT2D eigenvalue weighted by atomic mass is 9.40. The lowest BCUT2D eigenvalue weighted by molar-refractivity contribution is -0.150. The molecule has 4 aliphatic rings. The summed E-state index contributed by atoms with van der Waals surface area (Å²) in [6.45, 7) is 13.2. The summed E-state index contributed by atoms with van der Waals surface area (Å²) in [6, 6.07) is 2.28. The van der Waals surface area contributed by atoms with Gasteiger partial charge >= 0.3 is 5.97 Å². The van der Waals surface area contributed by atoms with Crippen molar-refractivity contribution in [3.63, 3.8) is 0 Å². The lowest BCUT2D eigenvalue weighted by Gasteiger charge is -2.63. The second-order valence-electron chi connectivity index (χ2n) is 13.8. The van der Waals surface area contributed by atoms with E-state index >= 15 is 0 Å². The summed E-state index contributed by atoms with van der Waals surface area (Å²) in [7, 11) is 1.47. The highest BCUT2D eigenvalue weighted by Gasteiger charge is 2.62. The van der Waals surface area contributed by atoms with Gasteiger partial charge in [-0.1, -0.05) is 47.1 Å². The van der Waals surface area contributed by atoms with Gasteiger partial charge in [-0.05, 0) is 91.9 Å². The molecule has 0 heterocycles. The summed E-state index contributed by atoms with van der Waals surface area (Å²) in [5.74, 6) is -0.577. The summed E-state index contributed by atoms with van der Waals surface area (Å²) in [5, 5.41) is 9.87. The number of carbonyl (C=O) groups excluding carboxylic acids is 3. The number of rotatable bonds is 1. The molecule has 0 aliphatic heterocycles. The maximum atomic E-state index is 13.9. The maximum absolute atomic E-state index is 13.9. The molecule has 0 aromatic carbocycles. The molecule has 3 saturated carbocycles. The van der Waals surface area contributed by atoms with Crippen LogP contribution in [0.2, 0.25) is 0 Å². The van der Waals surface area contributed by atoms with Gasteiger partial charge in [0.25, 0.3) is 0 Å². The summed E-state index contributed by atoms with van der Waals surface area (Å²) in [5.41, 5.74) is 0.388. The van der Waals surface area contributed by atoms with Crippen LogP contribution in [0.4, 0.5) is 0 Å². The molecular weight excluding hydrogens is 450 g/mol. The number of carbonyl (C=O) groups is 3. The van der Waals surface area contributed by atoms with Crippen LogP contribution in [0.15, 0.2) is 11.6 Å². The van der Waals surface area contributed by atoms with Gasteiger partial charge in [0.1, 0.15) is 5.92 Å². The van der Waals surface area contributed by atoms with Crippen molar-refractivity contribution in [1.82, 2.24) is 0 Å². The van der Waals surface area contributed by atoms with E-state index in [4.69, 9.17) is 4.74 Å². The van der Waals surface area contributed by atoms with Crippen LogP contribution < -0.4 is 0 Å². The minimum Gasteiger partial charge on any atom is -0.469 e. The van der Waals surface area contributed by atoms with Gasteiger partial charge in [0.15, 0.2) is 11.6 Å². The topological polar surface area (TPSA) is 84.2 Å². The number of ether oxygens (including phenoxy) is 1. The average Bonchev–Trinajstić information content (AvgIpc) is 2.84. The van der Waals surface area contributed by atoms with E-state index in [9.17, 15) is 19.6 Å². The third-order valence-corrected chi connectivity index (χ3v) is 12.0. The molecule has 198 valence electrons. The monoisotopic (exact) mass is 495 g/mol. The van der Waals surface area contributed by atoms with Crippen molar-refractivity contribution in [2.75, 3.05) is 7.11 Å². The fourth-order valence-electron chi connectivity index (χ4n) is 8.51. The van der Waals surface area contributed by atoms with Crippen molar-refractivity contribution in [3.05, 3.63) is 11.6 Å². The highest BCUT2D eigenvalue weighted by molar-refractivity contribution is 5.95. The van der Waals surface area contributed by atoms with E-state index in [-0.39, 0.29) is 57.5 Å². The van der Waals surface area contributed by atoms with E-state index in [2.05, 4.69) is 33.8 Å². The Hall–Kier alpha value is -1.96. The molecule has 0 N–H and O–H groups in total. The Labute approximate surface area is 217 Å². The quantitative estimate of drug-likeness (QED) is 0.390. The number of methoxy groups -OCH3 is 1. The molecule has 8 atom stereocenters. The van der Waals surface area contributed by atoms with Crippen LogP contribution >= 0.6 is 0 Å². The van der Waals surface area contributed by atoms with E-state index in [1.54, 1.807) is 0 Å². The predicted molar refractivity (Wildman–Crippen MR) is 139 cm³/mol. The van der Waals surface area contributed by atoms with Crippen molar-refractivity contribution in [1.29, 1.82) is 5.26 Å². The van der Waals surface area contributed by atoms with Gasteiger partial charge in [-0.25, -0.2) is 0 Å². The van der Waals surface area contributed by atoms with Crippen molar-refractivity contribution in [3.8, 4) is 6.07 Å². The van der Waals surface area contributed by atoms with E-state index in [1.165, 1.54) is 12.7 Å². The van der Waals surface area contributed by atoms with Gasteiger partial charge in [0.2, 0.25) is 0 Å². The van der Waals surface area contributed by atoms with Crippen molar-refractivity contribution < 1.29 is 19.1 Å². The van der Waals surface area contributed by atoms with Crippen molar-refractivity contribution >= 4 is 17.5 Å². The molecule has 3 fully saturated rings. The SMILES string of the molecule is COC(=O)[C@H]1CC[C@]2(C)CC[C@]3(C)C(=CC(=O)[C@@H]4CC[C@H](C#N)C(=O)C(C)(C)[C@@H](C)CC[C@]43C)[C@@H]2C1. The van der Waals surface area contributed by atoms with E-state index < -0.39 is 11.3 Å². The van der Waals surface area contributed by atoms with Gasteiger partial charge < -0.3 is 4.74 Å². The summed E-state index contributed by atoms with van der Waals surface area (Å²) in [4.78, 5) is 39.7. The number of allylic oxidation sites excluding steroid dienone is 2. The molecule has 5 nitrogen and oxygen atoms in total. The predicted octanol–water partition coefficient (Wildman–Crippen LogP) is 6.46. The fourth-order valence-corrected chi connectivity index (χ4v) is 8.51. The summed E-state index contributed by atoms with van der Waals surface area (Å²) in [6.07, 6.45) is 9.43. The summed E-state index contributed by atoms with van der Waals surface area (Å²) >= 11 is 0. The van der Waals surface area contributed by atoms with Crippen LogP contribution in [0.1, 0.15) is 99.3 Å². The standard InChI is InChI=1S/C31H45NO4/c1-19-10-13-30(5)22(9-8-21(18-32)26(34)28(19,2)3)25(33)17-24-23-16-20(27(35)36-7)11-12-29(23,4)14-15-31(24,30)6/h17,19-23H,8-16H2,1-7H3/t19-,20-,21+,22-,23-,29+,30+,31+/m0/s1. The first-order chi connectivity index (χ1) is 16.7. The molecule has 5 heteroatoms. The molecule has 0 radical (unpaired) electrons. The molecule has 0 unspecified atom stereocenters. The number of nitriles is 1. The largest absolute Gasteiger partial charge is 0.469 e.